The molecule has 0 radical (unpaired) electrons. The number of carbonyl (C=O) groups excluding carboxylic acids is 1. The summed E-state index contributed by atoms with van der Waals surface area (Å²) in [7, 11) is 4.11. The number of aliphatic hydroxyl groups is 1. The number of fused-ring (bicyclic) bond motifs is 1. The summed E-state index contributed by atoms with van der Waals surface area (Å²) in [6.45, 7) is 2.13. The van der Waals surface area contributed by atoms with Crippen molar-refractivity contribution in [3.63, 3.8) is 0 Å². The molecule has 5 rings (SSSR count). The highest BCUT2D eigenvalue weighted by Crippen LogP contribution is 2.32. The highest BCUT2D eigenvalue weighted by Gasteiger charge is 2.30. The molecular weight excluding hydrogens is 433 g/mol. The zero-order valence-corrected chi connectivity index (χ0v) is 20.0. The van der Waals surface area contributed by atoms with Crippen LogP contribution >= 0.6 is 0 Å². The summed E-state index contributed by atoms with van der Waals surface area (Å²) in [6.07, 6.45) is 4.77. The van der Waals surface area contributed by atoms with E-state index in [0.717, 1.165) is 50.8 Å². The number of likely N-dealkylation sites (N-methyl/N-ethyl adjacent to an activating group) is 1. The SMILES string of the molecule is CN(C)[C@@H]1CCN(c2ccc(N3CCc4cc(OC5CCCCC5O)ccc4C3=O)cc2F)C1. The fraction of sp³-hybridized carbons (Fsp3) is 0.519. The van der Waals surface area contributed by atoms with E-state index in [1.807, 2.05) is 12.1 Å². The van der Waals surface area contributed by atoms with Crippen molar-refractivity contribution in [3.05, 3.63) is 53.3 Å². The number of hydrogen-bond acceptors (Lipinski definition) is 5. The zero-order chi connectivity index (χ0) is 23.8. The van der Waals surface area contributed by atoms with Crippen molar-refractivity contribution in [3.8, 4) is 5.75 Å². The lowest BCUT2D eigenvalue weighted by Crippen LogP contribution is -2.38. The molecule has 0 bridgehead atoms. The molecule has 1 amide bonds. The number of aliphatic hydroxyl groups excluding tert-OH is 1. The van der Waals surface area contributed by atoms with Crippen molar-refractivity contribution in [1.82, 2.24) is 4.90 Å². The number of hydrogen-bond donors (Lipinski definition) is 1. The first-order valence-electron chi connectivity index (χ1n) is 12.4. The third kappa shape index (κ3) is 4.51. The standard InChI is InChI=1S/C27H34FN3O3/c1-29(2)20-12-13-30(17-20)24-10-7-19(16-23(24)28)31-14-11-18-15-21(8-9-22(18)27(31)33)34-26-6-4-3-5-25(26)32/h7-10,15-16,20,25-26,32H,3-6,11-14,17H2,1-2H3/t20-,25?,26?/m1/s1. The molecule has 1 N–H and O–H groups in total. The summed E-state index contributed by atoms with van der Waals surface area (Å²) in [6, 6.07) is 11.1. The van der Waals surface area contributed by atoms with Crippen molar-refractivity contribution in [2.75, 3.05) is 43.5 Å². The summed E-state index contributed by atoms with van der Waals surface area (Å²) in [4.78, 5) is 19.2. The van der Waals surface area contributed by atoms with Crippen molar-refractivity contribution >= 4 is 17.3 Å². The summed E-state index contributed by atoms with van der Waals surface area (Å²) in [5.74, 6) is 0.291. The van der Waals surface area contributed by atoms with E-state index in [0.29, 0.717) is 41.7 Å². The van der Waals surface area contributed by atoms with Gasteiger partial charge in [0.25, 0.3) is 5.91 Å². The molecule has 2 aliphatic heterocycles. The van der Waals surface area contributed by atoms with Crippen molar-refractivity contribution in [1.29, 1.82) is 0 Å². The minimum absolute atomic E-state index is 0.119. The van der Waals surface area contributed by atoms with Crippen molar-refractivity contribution in [2.24, 2.45) is 0 Å². The van der Waals surface area contributed by atoms with Gasteiger partial charge < -0.3 is 24.5 Å². The van der Waals surface area contributed by atoms with Gasteiger partial charge in [-0.25, -0.2) is 4.39 Å². The Morgan fingerprint density at radius 2 is 1.88 bits per heavy atom. The highest BCUT2D eigenvalue weighted by molar-refractivity contribution is 6.08. The van der Waals surface area contributed by atoms with Crippen molar-refractivity contribution in [2.45, 2.75) is 56.8 Å². The van der Waals surface area contributed by atoms with E-state index in [4.69, 9.17) is 4.74 Å². The van der Waals surface area contributed by atoms with E-state index in [-0.39, 0.29) is 17.8 Å². The van der Waals surface area contributed by atoms with Gasteiger partial charge in [-0.2, -0.15) is 0 Å². The average molecular weight is 468 g/mol. The summed E-state index contributed by atoms with van der Waals surface area (Å²) >= 11 is 0. The molecule has 0 spiro atoms. The fourth-order valence-corrected chi connectivity index (χ4v) is 5.48. The topological polar surface area (TPSA) is 56.3 Å². The van der Waals surface area contributed by atoms with Crippen LogP contribution in [0.2, 0.25) is 0 Å². The molecule has 2 aromatic carbocycles. The summed E-state index contributed by atoms with van der Waals surface area (Å²) in [5.41, 5.74) is 2.75. The monoisotopic (exact) mass is 467 g/mol. The Labute approximate surface area is 200 Å². The second-order valence-electron chi connectivity index (χ2n) is 10.0. The number of benzene rings is 2. The number of ether oxygens (including phenoxy) is 1. The molecule has 3 atom stereocenters. The molecule has 2 unspecified atom stereocenters. The molecule has 3 aliphatic rings. The molecule has 2 aromatic rings. The van der Waals surface area contributed by atoms with Gasteiger partial charge in [-0.3, -0.25) is 4.79 Å². The lowest BCUT2D eigenvalue weighted by atomic mass is 9.94. The zero-order valence-electron chi connectivity index (χ0n) is 20.0. The molecule has 2 heterocycles. The molecule has 1 saturated heterocycles. The Hall–Kier alpha value is -2.64. The first-order chi connectivity index (χ1) is 16.4. The average Bonchev–Trinajstić information content (AvgIpc) is 3.31. The van der Waals surface area contributed by atoms with Crippen LogP contribution in [0.3, 0.4) is 0 Å². The van der Waals surface area contributed by atoms with E-state index < -0.39 is 6.10 Å². The van der Waals surface area contributed by atoms with Gasteiger partial charge >= 0.3 is 0 Å². The summed E-state index contributed by atoms with van der Waals surface area (Å²) < 4.78 is 21.1. The Bertz CT molecular complexity index is 1060. The van der Waals surface area contributed by atoms with E-state index in [1.165, 1.54) is 6.07 Å². The molecular formula is C27H34FN3O3. The number of anilines is 2. The maximum Gasteiger partial charge on any atom is 0.258 e. The van der Waals surface area contributed by atoms with Crippen LogP contribution in [0.15, 0.2) is 36.4 Å². The Morgan fingerprint density at radius 1 is 1.06 bits per heavy atom. The van der Waals surface area contributed by atoms with Crippen LogP contribution in [-0.2, 0) is 6.42 Å². The largest absolute Gasteiger partial charge is 0.488 e. The smallest absolute Gasteiger partial charge is 0.258 e. The molecule has 182 valence electrons. The first-order valence-corrected chi connectivity index (χ1v) is 12.4. The van der Waals surface area contributed by atoms with Gasteiger partial charge in [0.2, 0.25) is 0 Å². The fourth-order valence-electron chi connectivity index (χ4n) is 5.48. The van der Waals surface area contributed by atoms with Crippen LogP contribution in [0.25, 0.3) is 0 Å². The van der Waals surface area contributed by atoms with Gasteiger partial charge in [0.15, 0.2) is 0 Å². The number of nitrogens with zero attached hydrogens (tertiary/aromatic N) is 3. The van der Waals surface area contributed by atoms with Crippen LogP contribution < -0.4 is 14.5 Å². The molecule has 34 heavy (non-hydrogen) atoms. The molecule has 6 nitrogen and oxygen atoms in total. The van der Waals surface area contributed by atoms with E-state index >= 15 is 4.39 Å². The Balaban J connectivity index is 1.30. The number of amides is 1. The van der Waals surface area contributed by atoms with Crippen molar-refractivity contribution < 1.29 is 19.0 Å². The van der Waals surface area contributed by atoms with Crippen LogP contribution in [-0.4, -0.2) is 67.9 Å². The number of halogens is 1. The molecule has 0 aromatic heterocycles. The maximum absolute atomic E-state index is 15.1. The van der Waals surface area contributed by atoms with Gasteiger partial charge in [0.1, 0.15) is 17.7 Å². The molecule has 1 aliphatic carbocycles. The van der Waals surface area contributed by atoms with Gasteiger partial charge in [-0.1, -0.05) is 6.42 Å². The van der Waals surface area contributed by atoms with Crippen LogP contribution in [0.5, 0.6) is 5.75 Å². The van der Waals surface area contributed by atoms with E-state index in [9.17, 15) is 9.90 Å². The Morgan fingerprint density at radius 3 is 2.62 bits per heavy atom. The van der Waals surface area contributed by atoms with Gasteiger partial charge in [0.05, 0.1) is 11.8 Å². The van der Waals surface area contributed by atoms with Crippen LogP contribution in [0.4, 0.5) is 15.8 Å². The minimum Gasteiger partial charge on any atom is -0.488 e. The maximum atomic E-state index is 15.1. The minimum atomic E-state index is -0.436. The number of carbonyl (C=O) groups is 1. The summed E-state index contributed by atoms with van der Waals surface area (Å²) in [5, 5.41) is 10.2. The lowest BCUT2D eigenvalue weighted by molar-refractivity contribution is 0.00682. The van der Waals surface area contributed by atoms with Gasteiger partial charge in [0, 0.05) is 36.9 Å². The molecule has 7 heteroatoms. The predicted molar refractivity (Wildman–Crippen MR) is 131 cm³/mol. The third-order valence-electron chi connectivity index (χ3n) is 7.59. The first kappa shape index (κ1) is 23.1. The number of rotatable bonds is 5. The van der Waals surface area contributed by atoms with E-state index in [2.05, 4.69) is 23.9 Å². The predicted octanol–water partition coefficient (Wildman–Crippen LogP) is 3.85. The normalized spacial score (nSPS) is 25.1. The second-order valence-corrected chi connectivity index (χ2v) is 10.0. The van der Waals surface area contributed by atoms with Crippen LogP contribution in [0.1, 0.15) is 48.0 Å². The highest BCUT2D eigenvalue weighted by atomic mass is 19.1. The van der Waals surface area contributed by atoms with Gasteiger partial charge in [-0.15, -0.1) is 0 Å². The lowest BCUT2D eigenvalue weighted by Gasteiger charge is -2.31. The molecule has 2 fully saturated rings. The van der Waals surface area contributed by atoms with Gasteiger partial charge in [-0.05, 0) is 88.2 Å². The van der Waals surface area contributed by atoms with E-state index in [1.54, 1.807) is 23.1 Å². The third-order valence-corrected chi connectivity index (χ3v) is 7.59. The quantitative estimate of drug-likeness (QED) is 0.724. The Kier molecular flexibility index (Phi) is 6.49. The van der Waals surface area contributed by atoms with Crippen LogP contribution in [0, 0.1) is 5.82 Å². The molecule has 1 saturated carbocycles. The second kappa shape index (κ2) is 9.55.